The van der Waals surface area contributed by atoms with Crippen molar-refractivity contribution < 1.29 is 19.1 Å². The average Bonchev–Trinajstić information content (AvgIpc) is 2.99. The molecule has 1 aromatic rings. The van der Waals surface area contributed by atoms with Crippen LogP contribution in [-0.2, 0) is 9.53 Å². The first-order valence-electron chi connectivity index (χ1n) is 12.2. The number of amides is 2. The van der Waals surface area contributed by atoms with E-state index in [0.717, 1.165) is 19.5 Å². The second-order valence-corrected chi connectivity index (χ2v) is 11.3. The van der Waals surface area contributed by atoms with Crippen LogP contribution in [0, 0.1) is 0 Å². The fourth-order valence-corrected chi connectivity index (χ4v) is 5.16. The zero-order valence-electron chi connectivity index (χ0n) is 20.3. The largest absolute Gasteiger partial charge is 0.488 e. The zero-order chi connectivity index (χ0) is 24.5. The molecule has 0 spiro atoms. The number of likely N-dealkylation sites (tertiary alicyclic amines) is 1. The number of hydrogen-bond acceptors (Lipinski definition) is 5. The van der Waals surface area contributed by atoms with Gasteiger partial charge in [0.15, 0.2) is 0 Å². The molecule has 2 atom stereocenters. The predicted molar refractivity (Wildman–Crippen MR) is 133 cm³/mol. The molecule has 2 heterocycles. The standard InChI is InChI=1S/C25H35Cl2N3O4/c1-25(2,3)34-24(32)30-16-19(33-18-8-9-20(26)21(27)14-18)15-22(30)23(31)29-11-5-10-28(12-13-29)17-6-4-7-17/h8-9,14,17,19,22H,4-7,10-13,15-16H2,1-3H3/t19?,22-/m0/s1. The first-order chi connectivity index (χ1) is 16.1. The quantitative estimate of drug-likeness (QED) is 0.578. The summed E-state index contributed by atoms with van der Waals surface area (Å²) in [4.78, 5) is 32.7. The molecule has 1 aromatic carbocycles. The Bertz CT molecular complexity index is 903. The van der Waals surface area contributed by atoms with Crippen molar-refractivity contribution in [3.05, 3.63) is 28.2 Å². The molecule has 2 amide bonds. The molecule has 1 aliphatic carbocycles. The molecule has 3 fully saturated rings. The highest BCUT2D eigenvalue weighted by atomic mass is 35.5. The highest BCUT2D eigenvalue weighted by Crippen LogP contribution is 2.31. The number of nitrogens with zero attached hydrogens (tertiary/aromatic N) is 3. The third-order valence-electron chi connectivity index (χ3n) is 6.80. The van der Waals surface area contributed by atoms with Crippen LogP contribution in [0.1, 0.15) is 52.9 Å². The third kappa shape index (κ3) is 6.10. The maximum atomic E-state index is 13.7. The number of carbonyl (C=O) groups is 2. The summed E-state index contributed by atoms with van der Waals surface area (Å²) in [5, 5.41) is 0.843. The van der Waals surface area contributed by atoms with Gasteiger partial charge in [0.1, 0.15) is 23.5 Å². The van der Waals surface area contributed by atoms with E-state index < -0.39 is 17.7 Å². The van der Waals surface area contributed by atoms with Gasteiger partial charge >= 0.3 is 6.09 Å². The smallest absolute Gasteiger partial charge is 0.411 e. The van der Waals surface area contributed by atoms with Crippen LogP contribution in [-0.4, -0.2) is 83.2 Å². The molecular formula is C25H35Cl2N3O4. The van der Waals surface area contributed by atoms with Crippen LogP contribution in [0.5, 0.6) is 5.75 Å². The highest BCUT2D eigenvalue weighted by Gasteiger charge is 2.44. The van der Waals surface area contributed by atoms with Crippen molar-refractivity contribution in [2.75, 3.05) is 32.7 Å². The van der Waals surface area contributed by atoms with Crippen LogP contribution in [0.15, 0.2) is 18.2 Å². The summed E-state index contributed by atoms with van der Waals surface area (Å²) in [6, 6.07) is 5.13. The summed E-state index contributed by atoms with van der Waals surface area (Å²) in [6.07, 6.45) is 4.34. The van der Waals surface area contributed by atoms with Gasteiger partial charge in [0.2, 0.25) is 5.91 Å². The van der Waals surface area contributed by atoms with Crippen molar-refractivity contribution in [1.82, 2.24) is 14.7 Å². The molecule has 3 aliphatic rings. The molecule has 0 bridgehead atoms. The van der Waals surface area contributed by atoms with Crippen molar-refractivity contribution in [3.8, 4) is 5.75 Å². The molecule has 7 nitrogen and oxygen atoms in total. The van der Waals surface area contributed by atoms with Crippen molar-refractivity contribution in [3.63, 3.8) is 0 Å². The number of ether oxygens (including phenoxy) is 2. The summed E-state index contributed by atoms with van der Waals surface area (Å²) in [7, 11) is 0. The zero-order valence-corrected chi connectivity index (χ0v) is 21.8. The Morgan fingerprint density at radius 1 is 1.00 bits per heavy atom. The maximum absolute atomic E-state index is 13.7. The Morgan fingerprint density at radius 3 is 2.41 bits per heavy atom. The molecule has 0 N–H and O–H groups in total. The molecule has 1 unspecified atom stereocenters. The van der Waals surface area contributed by atoms with E-state index >= 15 is 0 Å². The molecule has 2 aliphatic heterocycles. The second-order valence-electron chi connectivity index (χ2n) is 10.5. The highest BCUT2D eigenvalue weighted by molar-refractivity contribution is 6.42. The van der Waals surface area contributed by atoms with Gasteiger partial charge in [-0.25, -0.2) is 4.79 Å². The number of hydrogen-bond donors (Lipinski definition) is 0. The van der Waals surface area contributed by atoms with Crippen LogP contribution in [0.25, 0.3) is 0 Å². The average molecular weight is 512 g/mol. The SMILES string of the molecule is CC(C)(C)OC(=O)N1CC(Oc2ccc(Cl)c(Cl)c2)C[C@H]1C(=O)N1CCCN(C2CCC2)CC1. The second kappa shape index (κ2) is 10.5. The monoisotopic (exact) mass is 511 g/mol. The molecule has 9 heteroatoms. The van der Waals surface area contributed by atoms with Gasteiger partial charge in [-0.3, -0.25) is 14.6 Å². The van der Waals surface area contributed by atoms with Gasteiger partial charge in [0, 0.05) is 44.7 Å². The Morgan fingerprint density at radius 2 is 1.76 bits per heavy atom. The molecule has 188 valence electrons. The van der Waals surface area contributed by atoms with Gasteiger partial charge in [0.25, 0.3) is 0 Å². The normalized spacial score (nSPS) is 24.5. The molecule has 1 saturated carbocycles. The van der Waals surface area contributed by atoms with Crippen molar-refractivity contribution >= 4 is 35.2 Å². The number of rotatable bonds is 4. The lowest BCUT2D eigenvalue weighted by Crippen LogP contribution is -2.50. The van der Waals surface area contributed by atoms with Crippen LogP contribution in [0.4, 0.5) is 4.79 Å². The van der Waals surface area contributed by atoms with Crippen LogP contribution in [0.3, 0.4) is 0 Å². The minimum Gasteiger partial charge on any atom is -0.488 e. The van der Waals surface area contributed by atoms with Gasteiger partial charge in [-0.15, -0.1) is 0 Å². The van der Waals surface area contributed by atoms with E-state index in [4.69, 9.17) is 32.7 Å². The summed E-state index contributed by atoms with van der Waals surface area (Å²) < 4.78 is 11.7. The van der Waals surface area contributed by atoms with Crippen LogP contribution >= 0.6 is 23.2 Å². The van der Waals surface area contributed by atoms with E-state index in [-0.39, 0.29) is 18.6 Å². The fraction of sp³-hybridized carbons (Fsp3) is 0.680. The van der Waals surface area contributed by atoms with Gasteiger partial charge in [0.05, 0.1) is 16.6 Å². The topological polar surface area (TPSA) is 62.3 Å². The van der Waals surface area contributed by atoms with E-state index in [1.807, 2.05) is 25.7 Å². The van der Waals surface area contributed by atoms with Gasteiger partial charge < -0.3 is 14.4 Å². The Hall–Kier alpha value is -1.70. The van der Waals surface area contributed by atoms with E-state index in [1.54, 1.807) is 18.2 Å². The maximum Gasteiger partial charge on any atom is 0.411 e. The first-order valence-corrected chi connectivity index (χ1v) is 13.0. The first kappa shape index (κ1) is 25.4. The van der Waals surface area contributed by atoms with Gasteiger partial charge in [-0.05, 0) is 52.2 Å². The van der Waals surface area contributed by atoms with E-state index in [9.17, 15) is 9.59 Å². The number of carbonyl (C=O) groups excluding carboxylic acids is 2. The predicted octanol–water partition coefficient (Wildman–Crippen LogP) is 4.84. The van der Waals surface area contributed by atoms with Gasteiger partial charge in [-0.2, -0.15) is 0 Å². The lowest BCUT2D eigenvalue weighted by molar-refractivity contribution is -0.135. The Labute approximate surface area is 212 Å². The van der Waals surface area contributed by atoms with Crippen LogP contribution in [0.2, 0.25) is 10.0 Å². The van der Waals surface area contributed by atoms with E-state index in [2.05, 4.69) is 4.90 Å². The van der Waals surface area contributed by atoms with E-state index in [0.29, 0.717) is 41.3 Å². The van der Waals surface area contributed by atoms with E-state index in [1.165, 1.54) is 24.2 Å². The summed E-state index contributed by atoms with van der Waals surface area (Å²) >= 11 is 12.2. The van der Waals surface area contributed by atoms with Gasteiger partial charge in [-0.1, -0.05) is 29.6 Å². The molecular weight excluding hydrogens is 477 g/mol. The molecule has 34 heavy (non-hydrogen) atoms. The summed E-state index contributed by atoms with van der Waals surface area (Å²) in [6.45, 7) is 9.05. The molecule has 0 aromatic heterocycles. The van der Waals surface area contributed by atoms with Crippen molar-refractivity contribution in [1.29, 1.82) is 0 Å². The lowest BCUT2D eigenvalue weighted by atomic mass is 9.91. The lowest BCUT2D eigenvalue weighted by Gasteiger charge is -2.37. The number of benzene rings is 1. The van der Waals surface area contributed by atoms with Crippen molar-refractivity contribution in [2.24, 2.45) is 0 Å². The summed E-state index contributed by atoms with van der Waals surface area (Å²) in [5.74, 6) is 0.532. The summed E-state index contributed by atoms with van der Waals surface area (Å²) in [5.41, 5.74) is -0.654. The minimum atomic E-state index is -0.654. The number of halogens is 2. The Balaban J connectivity index is 1.46. The minimum absolute atomic E-state index is 0.0263. The van der Waals surface area contributed by atoms with Crippen LogP contribution < -0.4 is 4.74 Å². The Kier molecular flexibility index (Phi) is 7.85. The fourth-order valence-electron chi connectivity index (χ4n) is 4.87. The third-order valence-corrected chi connectivity index (χ3v) is 7.54. The molecule has 0 radical (unpaired) electrons. The molecule has 2 saturated heterocycles. The van der Waals surface area contributed by atoms with Crippen molar-refractivity contribution in [2.45, 2.75) is 76.7 Å². The molecule has 4 rings (SSSR count).